The smallest absolute Gasteiger partial charge is 0.145 e. The van der Waals surface area contributed by atoms with E-state index in [0.29, 0.717) is 18.0 Å². The Balaban J connectivity index is 2.08. The Bertz CT molecular complexity index is 474. The second-order valence-electron chi connectivity index (χ2n) is 3.33. The summed E-state index contributed by atoms with van der Waals surface area (Å²) < 4.78 is 18.3. The maximum atomic E-state index is 12.9. The molecule has 1 heterocycles. The number of hydrogen-bond donors (Lipinski definition) is 1. The zero-order valence-corrected chi connectivity index (χ0v) is 8.56. The highest BCUT2D eigenvalue weighted by atomic mass is 19.1. The third-order valence-corrected chi connectivity index (χ3v) is 2.12. The van der Waals surface area contributed by atoms with Gasteiger partial charge < -0.3 is 10.5 Å². The van der Waals surface area contributed by atoms with Gasteiger partial charge in [0.1, 0.15) is 18.2 Å². The van der Waals surface area contributed by atoms with Gasteiger partial charge in [-0.3, -0.25) is 4.98 Å². The molecule has 0 aliphatic rings. The summed E-state index contributed by atoms with van der Waals surface area (Å²) in [5.74, 6) is -0.00394. The lowest BCUT2D eigenvalue weighted by Crippen LogP contribution is -1.99. The Morgan fingerprint density at radius 2 is 1.94 bits per heavy atom. The van der Waals surface area contributed by atoms with Gasteiger partial charge in [-0.05, 0) is 29.8 Å². The number of aromatic nitrogens is 1. The number of halogens is 1. The topological polar surface area (TPSA) is 48.1 Å². The minimum absolute atomic E-state index is 0.343. The van der Waals surface area contributed by atoms with Crippen LogP contribution in [-0.2, 0) is 6.61 Å². The molecule has 0 bridgehead atoms. The molecule has 1 aromatic heterocycles. The fourth-order valence-electron chi connectivity index (χ4n) is 1.27. The first-order chi connectivity index (χ1) is 7.75. The third kappa shape index (κ3) is 2.48. The molecule has 2 aromatic rings. The standard InChI is InChI=1S/C12H11FN2O/c13-10-1-2-11(14)12(7-10)16-8-9-3-5-15-6-4-9/h1-7H,8,14H2. The van der Waals surface area contributed by atoms with Gasteiger partial charge in [-0.2, -0.15) is 0 Å². The Morgan fingerprint density at radius 1 is 1.19 bits per heavy atom. The van der Waals surface area contributed by atoms with Gasteiger partial charge in [-0.1, -0.05) is 0 Å². The van der Waals surface area contributed by atoms with Gasteiger partial charge in [0.15, 0.2) is 0 Å². The number of nitrogen functional groups attached to an aromatic ring is 1. The number of hydrogen-bond acceptors (Lipinski definition) is 3. The maximum absolute atomic E-state index is 12.9. The fourth-order valence-corrected chi connectivity index (χ4v) is 1.27. The molecular weight excluding hydrogens is 207 g/mol. The molecule has 2 N–H and O–H groups in total. The van der Waals surface area contributed by atoms with Crippen LogP contribution >= 0.6 is 0 Å². The number of nitrogens with two attached hydrogens (primary N) is 1. The predicted molar refractivity (Wildman–Crippen MR) is 59.4 cm³/mol. The molecule has 0 unspecified atom stereocenters. The molecule has 0 saturated carbocycles. The van der Waals surface area contributed by atoms with E-state index in [-0.39, 0.29) is 5.82 Å². The van der Waals surface area contributed by atoms with Crippen molar-refractivity contribution in [2.24, 2.45) is 0 Å². The molecule has 4 heteroatoms. The Morgan fingerprint density at radius 3 is 2.69 bits per heavy atom. The monoisotopic (exact) mass is 218 g/mol. The summed E-state index contributed by atoms with van der Waals surface area (Å²) >= 11 is 0. The van der Waals surface area contributed by atoms with Gasteiger partial charge in [0.05, 0.1) is 5.69 Å². The van der Waals surface area contributed by atoms with Crippen LogP contribution in [0.4, 0.5) is 10.1 Å². The number of benzene rings is 1. The molecule has 0 atom stereocenters. The number of anilines is 1. The highest BCUT2D eigenvalue weighted by Crippen LogP contribution is 2.22. The molecule has 0 aliphatic carbocycles. The van der Waals surface area contributed by atoms with Crippen molar-refractivity contribution in [3.8, 4) is 5.75 Å². The lowest BCUT2D eigenvalue weighted by atomic mass is 10.2. The van der Waals surface area contributed by atoms with Crippen molar-refractivity contribution >= 4 is 5.69 Å². The van der Waals surface area contributed by atoms with E-state index in [4.69, 9.17) is 10.5 Å². The maximum Gasteiger partial charge on any atom is 0.145 e. The summed E-state index contributed by atoms with van der Waals surface area (Å²) in [4.78, 5) is 3.89. The van der Waals surface area contributed by atoms with Crippen LogP contribution < -0.4 is 10.5 Å². The van der Waals surface area contributed by atoms with Crippen molar-refractivity contribution < 1.29 is 9.13 Å². The number of pyridine rings is 1. The highest BCUT2D eigenvalue weighted by molar-refractivity contribution is 5.52. The summed E-state index contributed by atoms with van der Waals surface area (Å²) in [6.07, 6.45) is 3.35. The second kappa shape index (κ2) is 4.61. The van der Waals surface area contributed by atoms with Gasteiger partial charge >= 0.3 is 0 Å². The Hall–Kier alpha value is -2.10. The van der Waals surface area contributed by atoms with Gasteiger partial charge in [0.2, 0.25) is 0 Å². The summed E-state index contributed by atoms with van der Waals surface area (Å²) in [6, 6.07) is 7.72. The average molecular weight is 218 g/mol. The summed E-state index contributed by atoms with van der Waals surface area (Å²) in [6.45, 7) is 0.343. The summed E-state index contributed by atoms with van der Waals surface area (Å²) in [7, 11) is 0. The van der Waals surface area contributed by atoms with Crippen molar-refractivity contribution in [2.45, 2.75) is 6.61 Å². The first-order valence-corrected chi connectivity index (χ1v) is 4.82. The number of ether oxygens (including phenoxy) is 1. The molecular formula is C12H11FN2O. The molecule has 0 fully saturated rings. The zero-order chi connectivity index (χ0) is 11.4. The molecule has 0 aliphatic heterocycles. The van der Waals surface area contributed by atoms with Crippen LogP contribution in [0.3, 0.4) is 0 Å². The van der Waals surface area contributed by atoms with E-state index in [1.165, 1.54) is 18.2 Å². The Kier molecular flexibility index (Phi) is 3.00. The van der Waals surface area contributed by atoms with Crippen molar-refractivity contribution in [3.05, 3.63) is 54.1 Å². The number of nitrogens with zero attached hydrogens (tertiary/aromatic N) is 1. The van der Waals surface area contributed by atoms with E-state index < -0.39 is 0 Å². The van der Waals surface area contributed by atoms with Crippen molar-refractivity contribution in [2.75, 3.05) is 5.73 Å². The van der Waals surface area contributed by atoms with Crippen LogP contribution in [0.5, 0.6) is 5.75 Å². The molecule has 1 aromatic carbocycles. The SMILES string of the molecule is Nc1ccc(F)cc1OCc1ccncc1. The lowest BCUT2D eigenvalue weighted by Gasteiger charge is -2.08. The summed E-state index contributed by atoms with van der Waals surface area (Å²) in [5.41, 5.74) is 7.03. The van der Waals surface area contributed by atoms with E-state index in [1.807, 2.05) is 12.1 Å². The highest BCUT2D eigenvalue weighted by Gasteiger charge is 2.02. The van der Waals surface area contributed by atoms with Gasteiger partial charge in [-0.15, -0.1) is 0 Å². The van der Waals surface area contributed by atoms with Crippen molar-refractivity contribution in [1.82, 2.24) is 4.98 Å². The fraction of sp³-hybridized carbons (Fsp3) is 0.0833. The van der Waals surface area contributed by atoms with Crippen LogP contribution in [-0.4, -0.2) is 4.98 Å². The summed E-state index contributed by atoms with van der Waals surface area (Å²) in [5, 5.41) is 0. The zero-order valence-electron chi connectivity index (χ0n) is 8.56. The molecule has 16 heavy (non-hydrogen) atoms. The van der Waals surface area contributed by atoms with Gasteiger partial charge in [0.25, 0.3) is 0 Å². The molecule has 0 amide bonds. The van der Waals surface area contributed by atoms with E-state index in [9.17, 15) is 4.39 Å². The molecule has 82 valence electrons. The third-order valence-electron chi connectivity index (χ3n) is 2.12. The first-order valence-electron chi connectivity index (χ1n) is 4.82. The minimum atomic E-state index is -0.362. The largest absolute Gasteiger partial charge is 0.487 e. The minimum Gasteiger partial charge on any atom is -0.487 e. The number of rotatable bonds is 3. The van der Waals surface area contributed by atoms with E-state index in [2.05, 4.69) is 4.98 Å². The van der Waals surface area contributed by atoms with E-state index in [0.717, 1.165) is 5.56 Å². The van der Waals surface area contributed by atoms with Crippen LogP contribution in [0.15, 0.2) is 42.7 Å². The molecule has 0 saturated heterocycles. The van der Waals surface area contributed by atoms with E-state index in [1.54, 1.807) is 12.4 Å². The van der Waals surface area contributed by atoms with E-state index >= 15 is 0 Å². The van der Waals surface area contributed by atoms with Crippen LogP contribution in [0.2, 0.25) is 0 Å². The lowest BCUT2D eigenvalue weighted by molar-refractivity contribution is 0.306. The Labute approximate surface area is 92.7 Å². The molecule has 0 spiro atoms. The molecule has 0 radical (unpaired) electrons. The van der Waals surface area contributed by atoms with Gasteiger partial charge in [0, 0.05) is 18.5 Å². The quantitative estimate of drug-likeness (QED) is 0.804. The average Bonchev–Trinajstić information content (AvgIpc) is 2.32. The van der Waals surface area contributed by atoms with Crippen LogP contribution in [0.25, 0.3) is 0 Å². The first kappa shape index (κ1) is 10.4. The van der Waals surface area contributed by atoms with Gasteiger partial charge in [-0.25, -0.2) is 4.39 Å². The van der Waals surface area contributed by atoms with Crippen LogP contribution in [0, 0.1) is 5.82 Å². The van der Waals surface area contributed by atoms with Crippen molar-refractivity contribution in [1.29, 1.82) is 0 Å². The second-order valence-corrected chi connectivity index (χ2v) is 3.33. The molecule has 3 nitrogen and oxygen atoms in total. The normalized spacial score (nSPS) is 10.1. The van der Waals surface area contributed by atoms with Crippen molar-refractivity contribution in [3.63, 3.8) is 0 Å². The molecule has 2 rings (SSSR count). The van der Waals surface area contributed by atoms with Crippen LogP contribution in [0.1, 0.15) is 5.56 Å². The predicted octanol–water partition coefficient (Wildman–Crippen LogP) is 2.38.